The lowest BCUT2D eigenvalue weighted by Crippen LogP contribution is -2.26. The normalized spacial score (nSPS) is 16.7. The predicted molar refractivity (Wildman–Crippen MR) is 112 cm³/mol. The maximum absolute atomic E-state index is 10.5. The van der Waals surface area contributed by atoms with Gasteiger partial charge in [-0.3, -0.25) is 0 Å². The van der Waals surface area contributed by atoms with Crippen LogP contribution in [0.3, 0.4) is 0 Å². The van der Waals surface area contributed by atoms with Gasteiger partial charge in [-0.1, -0.05) is 12.1 Å². The van der Waals surface area contributed by atoms with Crippen molar-refractivity contribution in [1.82, 2.24) is 4.98 Å². The van der Waals surface area contributed by atoms with Gasteiger partial charge in [0.05, 0.1) is 5.69 Å². The second-order valence-electron chi connectivity index (χ2n) is 5.68. The SMILES string of the molecule is Cl.O=C(O)C=Cc1ccc(N[C@@H]2CCN(c3ccccc3I)C2)nc1. The standard InChI is InChI=1S/C18H18IN3O2.ClH/c19-15-3-1-2-4-16(15)22-10-9-14(12-22)21-17-7-5-13(11-20-17)6-8-18(23)24;/h1-8,11,14H,9-10,12H2,(H,20,21)(H,23,24);1H/t14-;/m1./s1. The molecule has 0 spiro atoms. The summed E-state index contributed by atoms with van der Waals surface area (Å²) in [6.07, 6.45) is 5.39. The largest absolute Gasteiger partial charge is 0.478 e. The van der Waals surface area contributed by atoms with Crippen LogP contribution in [0.25, 0.3) is 6.08 Å². The quantitative estimate of drug-likeness (QED) is 0.512. The fourth-order valence-electron chi connectivity index (χ4n) is 2.77. The fourth-order valence-corrected chi connectivity index (χ4v) is 3.50. The molecule has 25 heavy (non-hydrogen) atoms. The second kappa shape index (κ2) is 9.05. The van der Waals surface area contributed by atoms with E-state index in [9.17, 15) is 4.79 Å². The first-order valence-corrected chi connectivity index (χ1v) is 8.83. The first-order valence-electron chi connectivity index (χ1n) is 7.75. The monoisotopic (exact) mass is 471 g/mol. The van der Waals surface area contributed by atoms with Crippen molar-refractivity contribution in [3.63, 3.8) is 0 Å². The zero-order valence-corrected chi connectivity index (χ0v) is 16.4. The Morgan fingerprint density at radius 3 is 2.80 bits per heavy atom. The molecule has 2 heterocycles. The summed E-state index contributed by atoms with van der Waals surface area (Å²) in [5.74, 6) is -0.143. The molecule has 0 radical (unpaired) electrons. The third kappa shape index (κ3) is 5.34. The first-order chi connectivity index (χ1) is 11.6. The number of carboxylic acid groups (broad SMARTS) is 1. The summed E-state index contributed by atoms with van der Waals surface area (Å²) in [5, 5.41) is 12.1. The molecule has 0 amide bonds. The Bertz CT molecular complexity index is 752. The number of carboxylic acids is 1. The van der Waals surface area contributed by atoms with Crippen LogP contribution in [0, 0.1) is 3.57 Å². The third-order valence-electron chi connectivity index (χ3n) is 3.94. The van der Waals surface area contributed by atoms with Gasteiger partial charge in [0.25, 0.3) is 0 Å². The van der Waals surface area contributed by atoms with Crippen molar-refractivity contribution in [2.75, 3.05) is 23.3 Å². The predicted octanol–water partition coefficient (Wildman–Crippen LogP) is 3.90. The molecule has 1 aliphatic heterocycles. The van der Waals surface area contributed by atoms with E-state index in [0.29, 0.717) is 6.04 Å². The number of benzene rings is 1. The zero-order chi connectivity index (χ0) is 16.9. The minimum Gasteiger partial charge on any atom is -0.478 e. The summed E-state index contributed by atoms with van der Waals surface area (Å²) < 4.78 is 1.27. The lowest BCUT2D eigenvalue weighted by atomic mass is 10.2. The van der Waals surface area contributed by atoms with Gasteiger partial charge in [0.1, 0.15) is 5.82 Å². The van der Waals surface area contributed by atoms with E-state index in [-0.39, 0.29) is 12.4 Å². The Balaban J connectivity index is 0.00000225. The fraction of sp³-hybridized carbons (Fsp3) is 0.222. The maximum atomic E-state index is 10.5. The van der Waals surface area contributed by atoms with Crippen molar-refractivity contribution >= 4 is 58.5 Å². The number of carbonyl (C=O) groups is 1. The molecular formula is C18H19ClIN3O2. The van der Waals surface area contributed by atoms with Crippen LogP contribution in [-0.4, -0.2) is 35.2 Å². The Morgan fingerprint density at radius 2 is 2.12 bits per heavy atom. The van der Waals surface area contributed by atoms with Gasteiger partial charge in [-0.05, 0) is 64.9 Å². The molecule has 3 rings (SSSR count). The molecule has 0 aliphatic carbocycles. The summed E-state index contributed by atoms with van der Waals surface area (Å²) in [4.78, 5) is 17.3. The molecule has 1 aromatic heterocycles. The number of halogens is 2. The van der Waals surface area contributed by atoms with Gasteiger partial charge in [0.2, 0.25) is 0 Å². The van der Waals surface area contributed by atoms with Crippen molar-refractivity contribution in [2.24, 2.45) is 0 Å². The molecule has 5 nitrogen and oxygen atoms in total. The number of pyridine rings is 1. The molecule has 0 unspecified atom stereocenters. The average molecular weight is 472 g/mol. The highest BCUT2D eigenvalue weighted by Gasteiger charge is 2.23. The highest BCUT2D eigenvalue weighted by atomic mass is 127. The molecule has 2 N–H and O–H groups in total. The molecule has 0 saturated carbocycles. The van der Waals surface area contributed by atoms with E-state index in [4.69, 9.17) is 5.11 Å². The molecular weight excluding hydrogens is 453 g/mol. The molecule has 0 bridgehead atoms. The summed E-state index contributed by atoms with van der Waals surface area (Å²) in [7, 11) is 0. The van der Waals surface area contributed by atoms with Crippen LogP contribution >= 0.6 is 35.0 Å². The Hall–Kier alpha value is -1.80. The second-order valence-corrected chi connectivity index (χ2v) is 6.84. The lowest BCUT2D eigenvalue weighted by Gasteiger charge is -2.20. The van der Waals surface area contributed by atoms with Gasteiger partial charge < -0.3 is 15.3 Å². The summed E-state index contributed by atoms with van der Waals surface area (Å²) >= 11 is 2.37. The number of anilines is 2. The third-order valence-corrected chi connectivity index (χ3v) is 4.85. The van der Waals surface area contributed by atoms with E-state index in [0.717, 1.165) is 37.0 Å². The lowest BCUT2D eigenvalue weighted by molar-refractivity contribution is -0.131. The van der Waals surface area contributed by atoms with Gasteiger partial charge in [-0.2, -0.15) is 0 Å². The maximum Gasteiger partial charge on any atom is 0.328 e. The zero-order valence-electron chi connectivity index (χ0n) is 13.4. The van der Waals surface area contributed by atoms with Gasteiger partial charge in [-0.15, -0.1) is 12.4 Å². The molecule has 7 heteroatoms. The summed E-state index contributed by atoms with van der Waals surface area (Å²) in [6.45, 7) is 1.97. The van der Waals surface area contributed by atoms with Crippen LogP contribution in [0.1, 0.15) is 12.0 Å². The highest BCUT2D eigenvalue weighted by Crippen LogP contribution is 2.26. The number of hydrogen-bond acceptors (Lipinski definition) is 4. The van der Waals surface area contributed by atoms with Crippen LogP contribution in [0.2, 0.25) is 0 Å². The first kappa shape index (κ1) is 19.5. The Labute approximate surface area is 166 Å². The number of rotatable bonds is 5. The smallest absolute Gasteiger partial charge is 0.328 e. The number of para-hydroxylation sites is 1. The molecule has 2 aromatic rings. The topological polar surface area (TPSA) is 65.5 Å². The van der Waals surface area contributed by atoms with E-state index < -0.39 is 5.97 Å². The van der Waals surface area contributed by atoms with Crippen molar-refractivity contribution in [3.05, 3.63) is 57.8 Å². The van der Waals surface area contributed by atoms with Crippen molar-refractivity contribution in [3.8, 4) is 0 Å². The van der Waals surface area contributed by atoms with Crippen molar-refractivity contribution < 1.29 is 9.90 Å². The number of aliphatic carboxylic acids is 1. The van der Waals surface area contributed by atoms with E-state index >= 15 is 0 Å². The van der Waals surface area contributed by atoms with Gasteiger partial charge >= 0.3 is 5.97 Å². The average Bonchev–Trinajstić information content (AvgIpc) is 3.03. The van der Waals surface area contributed by atoms with Gasteiger partial charge in [-0.25, -0.2) is 9.78 Å². The van der Waals surface area contributed by atoms with Gasteiger partial charge in [0, 0.05) is 35.0 Å². The van der Waals surface area contributed by atoms with Crippen LogP contribution in [0.5, 0.6) is 0 Å². The highest BCUT2D eigenvalue weighted by molar-refractivity contribution is 14.1. The van der Waals surface area contributed by atoms with E-state index in [1.54, 1.807) is 6.20 Å². The van der Waals surface area contributed by atoms with Crippen molar-refractivity contribution in [1.29, 1.82) is 0 Å². The van der Waals surface area contributed by atoms with Crippen LogP contribution in [0.15, 0.2) is 48.7 Å². The molecule has 1 aliphatic rings. The van der Waals surface area contributed by atoms with E-state index in [2.05, 4.69) is 62.1 Å². The summed E-state index contributed by atoms with van der Waals surface area (Å²) in [5.41, 5.74) is 2.05. The Morgan fingerprint density at radius 1 is 1.32 bits per heavy atom. The van der Waals surface area contributed by atoms with Crippen LogP contribution < -0.4 is 10.2 Å². The minimum absolute atomic E-state index is 0. The Kier molecular flexibility index (Phi) is 7.07. The van der Waals surface area contributed by atoms with Gasteiger partial charge in [0.15, 0.2) is 0 Å². The number of nitrogens with zero attached hydrogens (tertiary/aromatic N) is 2. The minimum atomic E-state index is -0.959. The number of hydrogen-bond donors (Lipinski definition) is 2. The van der Waals surface area contributed by atoms with E-state index in [1.165, 1.54) is 15.3 Å². The molecule has 132 valence electrons. The van der Waals surface area contributed by atoms with Crippen LogP contribution in [-0.2, 0) is 4.79 Å². The van der Waals surface area contributed by atoms with Crippen LogP contribution in [0.4, 0.5) is 11.5 Å². The molecule has 1 fully saturated rings. The number of nitrogens with one attached hydrogen (secondary N) is 1. The van der Waals surface area contributed by atoms with E-state index in [1.807, 2.05) is 12.1 Å². The molecule has 1 saturated heterocycles. The molecule has 1 atom stereocenters. The number of aromatic nitrogens is 1. The summed E-state index contributed by atoms with van der Waals surface area (Å²) in [6, 6.07) is 12.5. The van der Waals surface area contributed by atoms with Crippen molar-refractivity contribution in [2.45, 2.75) is 12.5 Å². The molecule has 1 aromatic carbocycles.